The lowest BCUT2D eigenvalue weighted by molar-refractivity contribution is -0.122. The fraction of sp³-hybridized carbons (Fsp3) is 0.167. The maximum absolute atomic E-state index is 13.0. The number of H-pyrrole nitrogens is 1. The van der Waals surface area contributed by atoms with Gasteiger partial charge in [0.1, 0.15) is 0 Å². The number of hydrogen-bond acceptors (Lipinski definition) is 4. The molecule has 1 aliphatic heterocycles. The molecule has 4 N–H and O–H groups in total. The molecule has 2 amide bonds. The number of para-hydroxylation sites is 1. The minimum absolute atomic E-state index is 0.364. The maximum Gasteiger partial charge on any atom is 0.259 e. The Morgan fingerprint density at radius 1 is 1.00 bits per heavy atom. The largest absolute Gasteiger partial charge is 0.361 e. The molecule has 0 fully saturated rings. The Morgan fingerprint density at radius 3 is 2.55 bits per heavy atom. The number of nitrogens with two attached hydrogens (primary N) is 1. The molecule has 156 valence electrons. The normalized spacial score (nSPS) is 14.3. The lowest BCUT2D eigenvalue weighted by Crippen LogP contribution is -2.22. The van der Waals surface area contributed by atoms with Crippen LogP contribution in [-0.2, 0) is 16.1 Å². The third-order valence-corrected chi connectivity index (χ3v) is 6.48. The fourth-order valence-corrected chi connectivity index (χ4v) is 4.73. The first kappa shape index (κ1) is 19.7. The van der Waals surface area contributed by atoms with Crippen LogP contribution in [0.25, 0.3) is 33.0 Å². The molecule has 3 heterocycles. The van der Waals surface area contributed by atoms with Crippen molar-refractivity contribution in [3.63, 3.8) is 0 Å². The second kappa shape index (κ2) is 7.76. The zero-order valence-electron chi connectivity index (χ0n) is 17.1. The molecule has 31 heavy (non-hydrogen) atoms. The summed E-state index contributed by atoms with van der Waals surface area (Å²) in [6, 6.07) is 14.0. The number of fused-ring (bicyclic) bond motifs is 2. The number of benzene rings is 2. The molecule has 0 unspecified atom stereocenters. The number of nitrogens with zero attached hydrogens (tertiary/aromatic N) is 1. The van der Waals surface area contributed by atoms with Gasteiger partial charge in [-0.2, -0.15) is 0 Å². The van der Waals surface area contributed by atoms with Gasteiger partial charge in [-0.3, -0.25) is 14.9 Å². The first-order valence-corrected chi connectivity index (χ1v) is 11.4. The zero-order chi connectivity index (χ0) is 21.5. The standard InChI is InChI=1S/C24H22N4O2S/c1-31-14-7-8-16-18(13-28(10-4-9-25)20(16)11-14)22-21(23(29)27-24(22)30)17-12-26-19-6-3-2-5-15(17)19/h2-3,5-8,11-13,26H,4,9-10,25H2,1H3,(H,27,29,30). The highest BCUT2D eigenvalue weighted by Gasteiger charge is 2.35. The van der Waals surface area contributed by atoms with Crippen LogP contribution < -0.4 is 11.1 Å². The second-order valence-corrected chi connectivity index (χ2v) is 8.42. The van der Waals surface area contributed by atoms with Crippen molar-refractivity contribution in [3.8, 4) is 0 Å². The van der Waals surface area contributed by atoms with Gasteiger partial charge in [-0.05, 0) is 37.4 Å². The summed E-state index contributed by atoms with van der Waals surface area (Å²) in [7, 11) is 0. The van der Waals surface area contributed by atoms with Crippen LogP contribution in [0.15, 0.2) is 59.8 Å². The van der Waals surface area contributed by atoms with E-state index in [4.69, 9.17) is 5.73 Å². The van der Waals surface area contributed by atoms with Gasteiger partial charge < -0.3 is 15.3 Å². The van der Waals surface area contributed by atoms with E-state index in [2.05, 4.69) is 20.9 Å². The van der Waals surface area contributed by atoms with Crippen molar-refractivity contribution in [2.75, 3.05) is 12.8 Å². The van der Waals surface area contributed by atoms with Crippen LogP contribution in [0, 0.1) is 0 Å². The first-order valence-electron chi connectivity index (χ1n) is 10.2. The van der Waals surface area contributed by atoms with Crippen molar-refractivity contribution < 1.29 is 9.59 Å². The van der Waals surface area contributed by atoms with Crippen molar-refractivity contribution >= 4 is 56.5 Å². The molecule has 0 saturated heterocycles. The molecule has 4 aromatic rings. The Labute approximate surface area is 183 Å². The van der Waals surface area contributed by atoms with Crippen LogP contribution in [0.2, 0.25) is 0 Å². The molecule has 0 bridgehead atoms. The van der Waals surface area contributed by atoms with E-state index in [-0.39, 0.29) is 11.8 Å². The van der Waals surface area contributed by atoms with Crippen molar-refractivity contribution in [3.05, 3.63) is 66.0 Å². The zero-order valence-corrected chi connectivity index (χ0v) is 17.9. The summed E-state index contributed by atoms with van der Waals surface area (Å²) in [6.45, 7) is 1.33. The lowest BCUT2D eigenvalue weighted by Gasteiger charge is -2.05. The Morgan fingerprint density at radius 2 is 1.77 bits per heavy atom. The second-order valence-electron chi connectivity index (χ2n) is 7.54. The monoisotopic (exact) mass is 430 g/mol. The molecule has 2 aromatic heterocycles. The van der Waals surface area contributed by atoms with E-state index >= 15 is 0 Å². The average molecular weight is 431 g/mol. The number of nitrogens with one attached hydrogen (secondary N) is 2. The molecule has 5 rings (SSSR count). The van der Waals surface area contributed by atoms with Gasteiger partial charge in [0.25, 0.3) is 11.8 Å². The molecule has 2 aromatic carbocycles. The highest BCUT2D eigenvalue weighted by molar-refractivity contribution is 7.98. The van der Waals surface area contributed by atoms with Crippen molar-refractivity contribution in [1.82, 2.24) is 14.9 Å². The fourth-order valence-electron chi connectivity index (χ4n) is 4.29. The maximum atomic E-state index is 13.0. The third kappa shape index (κ3) is 3.17. The van der Waals surface area contributed by atoms with Gasteiger partial charge in [0, 0.05) is 56.8 Å². The molecule has 0 saturated carbocycles. The molecule has 0 atom stereocenters. The molecular weight excluding hydrogens is 408 g/mol. The van der Waals surface area contributed by atoms with E-state index in [1.807, 2.05) is 48.9 Å². The molecule has 0 spiro atoms. The summed E-state index contributed by atoms with van der Waals surface area (Å²) >= 11 is 1.67. The average Bonchev–Trinajstić information content (AvgIpc) is 3.44. The number of amides is 2. The summed E-state index contributed by atoms with van der Waals surface area (Å²) in [5.74, 6) is -0.731. The highest BCUT2D eigenvalue weighted by atomic mass is 32.2. The van der Waals surface area contributed by atoms with Gasteiger partial charge >= 0.3 is 0 Å². The molecule has 7 heteroatoms. The van der Waals surface area contributed by atoms with Gasteiger partial charge in [-0.25, -0.2) is 0 Å². The predicted octanol–water partition coefficient (Wildman–Crippen LogP) is 3.76. The number of aromatic amines is 1. The van der Waals surface area contributed by atoms with Crippen LogP contribution >= 0.6 is 11.8 Å². The Bertz CT molecular complexity index is 1380. The Kier molecular flexibility index (Phi) is 4.92. The number of carbonyl (C=O) groups excluding carboxylic acids is 2. The highest BCUT2D eigenvalue weighted by Crippen LogP contribution is 2.39. The van der Waals surface area contributed by atoms with Gasteiger partial charge in [0.2, 0.25) is 0 Å². The quantitative estimate of drug-likeness (QED) is 0.321. The van der Waals surface area contributed by atoms with Gasteiger partial charge in [-0.15, -0.1) is 11.8 Å². The summed E-state index contributed by atoms with van der Waals surface area (Å²) in [5.41, 5.74) is 10.0. The molecular formula is C24H22N4O2S. The molecule has 1 aliphatic rings. The first-order chi connectivity index (χ1) is 15.1. The summed E-state index contributed by atoms with van der Waals surface area (Å²) in [6.07, 6.45) is 6.65. The molecule has 6 nitrogen and oxygen atoms in total. The van der Waals surface area contributed by atoms with E-state index in [1.165, 1.54) is 0 Å². The number of aryl methyl sites for hydroxylation is 1. The van der Waals surface area contributed by atoms with Gasteiger partial charge in [0.15, 0.2) is 0 Å². The van der Waals surface area contributed by atoms with E-state index in [9.17, 15) is 9.59 Å². The molecule has 0 aliphatic carbocycles. The predicted molar refractivity (Wildman–Crippen MR) is 126 cm³/mol. The number of hydrogen-bond donors (Lipinski definition) is 3. The smallest absolute Gasteiger partial charge is 0.259 e. The lowest BCUT2D eigenvalue weighted by atomic mass is 9.95. The minimum Gasteiger partial charge on any atom is -0.361 e. The van der Waals surface area contributed by atoms with E-state index in [0.29, 0.717) is 17.7 Å². The topological polar surface area (TPSA) is 92.9 Å². The summed E-state index contributed by atoms with van der Waals surface area (Å²) in [4.78, 5) is 30.2. The Hall–Kier alpha value is -3.29. The minimum atomic E-state index is -0.367. The van der Waals surface area contributed by atoms with Crippen LogP contribution in [0.3, 0.4) is 0 Å². The number of thioether (sulfide) groups is 1. The van der Waals surface area contributed by atoms with E-state index in [0.717, 1.165) is 50.8 Å². The van der Waals surface area contributed by atoms with Crippen molar-refractivity contribution in [2.24, 2.45) is 5.73 Å². The SMILES string of the molecule is CSc1ccc2c(C3=C(c4c[nH]c5ccccc45)C(=O)NC3=O)cn(CCCN)c2c1. The van der Waals surface area contributed by atoms with E-state index < -0.39 is 0 Å². The van der Waals surface area contributed by atoms with Crippen LogP contribution in [0.4, 0.5) is 0 Å². The number of carbonyl (C=O) groups is 2. The Balaban J connectivity index is 1.79. The van der Waals surface area contributed by atoms with Crippen molar-refractivity contribution in [2.45, 2.75) is 17.9 Å². The van der Waals surface area contributed by atoms with Crippen molar-refractivity contribution in [1.29, 1.82) is 0 Å². The van der Waals surface area contributed by atoms with Gasteiger partial charge in [0.05, 0.1) is 11.1 Å². The number of aromatic nitrogens is 2. The molecule has 0 radical (unpaired) electrons. The van der Waals surface area contributed by atoms with Gasteiger partial charge in [-0.1, -0.05) is 24.3 Å². The van der Waals surface area contributed by atoms with Crippen LogP contribution in [0.5, 0.6) is 0 Å². The summed E-state index contributed by atoms with van der Waals surface area (Å²) < 4.78 is 2.13. The number of imide groups is 1. The van der Waals surface area contributed by atoms with E-state index in [1.54, 1.807) is 18.0 Å². The third-order valence-electron chi connectivity index (χ3n) is 5.75. The summed E-state index contributed by atoms with van der Waals surface area (Å²) in [5, 5.41) is 4.37. The van der Waals surface area contributed by atoms with Crippen LogP contribution in [-0.4, -0.2) is 34.2 Å². The number of rotatable bonds is 6. The van der Waals surface area contributed by atoms with Crippen LogP contribution in [0.1, 0.15) is 17.5 Å².